The fraction of sp³-hybridized carbons (Fsp3) is 0.649. The SMILES string of the molecule is O=C1c2c(NCC[N+]([O-])(N3CCCCC3)N3CCCCC3)ccc(NCC[N+]([O-])(N3CCCCC3)N3CCCCC3)c2C(=O)c2c1c(O)c[nH]c2=O. The molecular formula is C37H55N9O6. The van der Waals surface area contributed by atoms with Gasteiger partial charge in [-0.05, 0) is 63.5 Å². The number of benzene rings is 1. The van der Waals surface area contributed by atoms with Crippen molar-refractivity contribution in [3.63, 3.8) is 0 Å². The minimum absolute atomic E-state index is 0.0217. The molecule has 15 nitrogen and oxygen atoms in total. The maximum Gasteiger partial charge on any atom is 0.260 e. The van der Waals surface area contributed by atoms with Crippen molar-refractivity contribution in [1.29, 1.82) is 0 Å². The third kappa shape index (κ3) is 7.12. The highest BCUT2D eigenvalue weighted by Gasteiger charge is 2.40. The summed E-state index contributed by atoms with van der Waals surface area (Å²) < 4.78 is 0. The predicted octanol–water partition coefficient (Wildman–Crippen LogP) is 3.91. The van der Waals surface area contributed by atoms with Crippen LogP contribution >= 0.6 is 0 Å². The molecule has 284 valence electrons. The van der Waals surface area contributed by atoms with Crippen molar-refractivity contribution in [3.05, 3.63) is 61.4 Å². The summed E-state index contributed by atoms with van der Waals surface area (Å²) in [7, 11) is 0. The van der Waals surface area contributed by atoms with E-state index < -0.39 is 38.2 Å². The van der Waals surface area contributed by atoms with Crippen LogP contribution in [0.1, 0.15) is 109 Å². The number of H-pyrrole nitrogens is 1. The van der Waals surface area contributed by atoms with Crippen LogP contribution in [0.5, 0.6) is 5.75 Å². The second-order valence-corrected chi connectivity index (χ2v) is 15.0. The zero-order valence-electron chi connectivity index (χ0n) is 30.4. The van der Waals surface area contributed by atoms with Gasteiger partial charge in [0.05, 0.1) is 29.8 Å². The normalized spacial score (nSPS) is 21.5. The minimum Gasteiger partial charge on any atom is -0.591 e. The van der Waals surface area contributed by atoms with Gasteiger partial charge in [-0.1, -0.05) is 25.7 Å². The first-order chi connectivity index (χ1) is 25.2. The van der Waals surface area contributed by atoms with Crippen molar-refractivity contribution in [3.8, 4) is 5.75 Å². The zero-order valence-corrected chi connectivity index (χ0v) is 30.4. The molecule has 1 aliphatic carbocycles. The molecule has 0 atom stereocenters. The van der Waals surface area contributed by atoms with Crippen molar-refractivity contribution < 1.29 is 24.4 Å². The van der Waals surface area contributed by atoms with E-state index in [0.29, 0.717) is 11.4 Å². The molecule has 7 rings (SSSR count). The summed E-state index contributed by atoms with van der Waals surface area (Å²) in [5.74, 6) is -1.81. The molecule has 1 aromatic heterocycles. The summed E-state index contributed by atoms with van der Waals surface area (Å²) in [5, 5.41) is 54.7. The van der Waals surface area contributed by atoms with E-state index in [2.05, 4.69) is 15.6 Å². The van der Waals surface area contributed by atoms with Gasteiger partial charge in [0.2, 0.25) is 11.6 Å². The topological polar surface area (TPSA) is 170 Å². The van der Waals surface area contributed by atoms with Gasteiger partial charge in [0, 0.05) is 69.9 Å². The van der Waals surface area contributed by atoms with Gasteiger partial charge < -0.3 is 31.1 Å². The van der Waals surface area contributed by atoms with E-state index in [1.165, 1.54) is 0 Å². The molecule has 0 radical (unpaired) electrons. The van der Waals surface area contributed by atoms with Gasteiger partial charge in [0.25, 0.3) is 5.56 Å². The van der Waals surface area contributed by atoms with Crippen LogP contribution in [-0.2, 0) is 0 Å². The van der Waals surface area contributed by atoms with Crippen LogP contribution in [0.3, 0.4) is 0 Å². The number of anilines is 2. The number of pyridine rings is 1. The van der Waals surface area contributed by atoms with E-state index in [0.717, 1.165) is 136 Å². The maximum atomic E-state index is 14.6. The first kappa shape index (κ1) is 36.9. The molecular weight excluding hydrogens is 666 g/mol. The molecule has 4 aliphatic heterocycles. The fourth-order valence-corrected chi connectivity index (χ4v) is 8.94. The average molecular weight is 722 g/mol. The smallest absolute Gasteiger partial charge is 0.260 e. The average Bonchev–Trinajstić information content (AvgIpc) is 3.19. The van der Waals surface area contributed by atoms with E-state index in [1.54, 1.807) is 12.1 Å². The van der Waals surface area contributed by atoms with Crippen molar-refractivity contribution >= 4 is 22.9 Å². The molecule has 5 aliphatic rings. The Kier molecular flexibility index (Phi) is 11.3. The second-order valence-electron chi connectivity index (χ2n) is 15.0. The predicted molar refractivity (Wildman–Crippen MR) is 198 cm³/mol. The van der Waals surface area contributed by atoms with Crippen molar-refractivity contribution in [2.45, 2.75) is 77.0 Å². The molecule has 0 unspecified atom stereocenters. The zero-order chi connectivity index (χ0) is 36.3. The number of hydrogen-bond acceptors (Lipinski definition) is 12. The number of rotatable bonds is 12. The van der Waals surface area contributed by atoms with Crippen molar-refractivity contribution in [2.24, 2.45) is 0 Å². The number of nitrogens with zero attached hydrogens (tertiary/aromatic N) is 6. The van der Waals surface area contributed by atoms with E-state index in [9.17, 15) is 29.9 Å². The Balaban J connectivity index is 1.17. The molecule has 0 saturated carbocycles. The van der Waals surface area contributed by atoms with Crippen LogP contribution in [0.2, 0.25) is 0 Å². The summed E-state index contributed by atoms with van der Waals surface area (Å²) >= 11 is 0. The number of nitrogens with one attached hydrogen (secondary N) is 3. The molecule has 4 N–H and O–H groups in total. The van der Waals surface area contributed by atoms with E-state index in [1.807, 2.05) is 20.0 Å². The molecule has 15 heteroatoms. The monoisotopic (exact) mass is 721 g/mol. The fourth-order valence-electron chi connectivity index (χ4n) is 8.94. The molecule has 2 aromatic rings. The van der Waals surface area contributed by atoms with Crippen LogP contribution < -0.4 is 16.2 Å². The Morgan fingerprint density at radius 3 is 1.27 bits per heavy atom. The highest BCUT2D eigenvalue weighted by atomic mass is 16.7. The highest BCUT2D eigenvalue weighted by Crippen LogP contribution is 2.38. The van der Waals surface area contributed by atoms with Gasteiger partial charge in [-0.25, -0.2) is 0 Å². The standard InChI is InChI=1S/C37H55N9O6/c47-30-27-40-37(50)34-33(30)35(48)31-28(38-15-25-45(51,41-17-5-1-6-18-41)42-19-7-2-8-20-42)13-14-29(32(31)36(34)49)39-16-26-46(52,43-21-9-3-10-22-43)44-23-11-4-12-24-44/h13-14,27,38-39,47H,1-12,15-26H2,(H,40,50). The van der Waals surface area contributed by atoms with E-state index >= 15 is 0 Å². The number of carbonyl (C=O) groups is 2. The quantitative estimate of drug-likeness (QED) is 0.157. The van der Waals surface area contributed by atoms with Crippen LogP contribution in [-0.4, -0.2) is 130 Å². The van der Waals surface area contributed by atoms with Crippen LogP contribution in [0.15, 0.2) is 23.1 Å². The number of quaternary nitrogens is 2. The van der Waals surface area contributed by atoms with Crippen LogP contribution in [0, 0.1) is 10.4 Å². The van der Waals surface area contributed by atoms with Crippen LogP contribution in [0.25, 0.3) is 0 Å². The number of ketones is 2. The second kappa shape index (κ2) is 15.9. The number of fused-ring (bicyclic) bond motifs is 2. The van der Waals surface area contributed by atoms with E-state index in [4.69, 9.17) is 0 Å². The number of hydrogen-bond donors (Lipinski definition) is 4. The summed E-state index contributed by atoms with van der Waals surface area (Å²) in [6, 6.07) is 3.40. The third-order valence-electron chi connectivity index (χ3n) is 11.7. The summed E-state index contributed by atoms with van der Waals surface area (Å²) in [4.78, 5) is 42.7. The molecule has 0 amide bonds. The van der Waals surface area contributed by atoms with Gasteiger partial charge in [0.15, 0.2) is 0 Å². The molecule has 1 aromatic carbocycles. The number of aromatic hydroxyl groups is 1. The Morgan fingerprint density at radius 1 is 0.558 bits per heavy atom. The van der Waals surface area contributed by atoms with Crippen LogP contribution in [0.4, 0.5) is 11.4 Å². The van der Waals surface area contributed by atoms with E-state index in [-0.39, 0.29) is 42.9 Å². The maximum absolute atomic E-state index is 14.6. The van der Waals surface area contributed by atoms with Gasteiger partial charge in [-0.15, -0.1) is 20.0 Å². The molecule has 4 fully saturated rings. The molecule has 0 spiro atoms. The first-order valence-electron chi connectivity index (χ1n) is 19.6. The molecule has 5 heterocycles. The number of aromatic nitrogens is 1. The Morgan fingerprint density at radius 2 is 0.904 bits per heavy atom. The lowest BCUT2D eigenvalue weighted by Crippen LogP contribution is -2.68. The molecule has 0 bridgehead atoms. The number of hydroxylamine groups is 2. The Hall–Kier alpha value is -3.41. The summed E-state index contributed by atoms with van der Waals surface area (Å²) in [6.07, 6.45) is 13.3. The van der Waals surface area contributed by atoms with Crippen molar-refractivity contribution in [1.82, 2.24) is 25.0 Å². The number of piperidine rings is 4. The van der Waals surface area contributed by atoms with Gasteiger partial charge in [0.1, 0.15) is 24.4 Å². The molecule has 4 saturated heterocycles. The Bertz CT molecular complexity index is 1620. The summed E-state index contributed by atoms with van der Waals surface area (Å²) in [6.45, 7) is 6.68. The summed E-state index contributed by atoms with van der Waals surface area (Å²) in [5.41, 5.74) is -0.744. The Labute approximate surface area is 305 Å². The van der Waals surface area contributed by atoms with Gasteiger partial charge >= 0.3 is 0 Å². The minimum atomic E-state index is -0.761. The number of aromatic amines is 1. The largest absolute Gasteiger partial charge is 0.591 e. The third-order valence-corrected chi connectivity index (χ3v) is 11.7. The highest BCUT2D eigenvalue weighted by molar-refractivity contribution is 6.32. The number of carbonyl (C=O) groups excluding carboxylic acids is 2. The lowest BCUT2D eigenvalue weighted by molar-refractivity contribution is -1.09. The van der Waals surface area contributed by atoms with Crippen molar-refractivity contribution in [2.75, 3.05) is 89.2 Å². The first-order valence-corrected chi connectivity index (χ1v) is 19.6. The lowest BCUT2D eigenvalue weighted by atomic mass is 9.82. The van der Waals surface area contributed by atoms with Gasteiger partial charge in [-0.3, -0.25) is 14.4 Å². The lowest BCUT2D eigenvalue weighted by Gasteiger charge is -2.56. The van der Waals surface area contributed by atoms with Gasteiger partial charge in [-0.2, -0.15) is 9.73 Å². The molecule has 52 heavy (non-hydrogen) atoms.